The lowest BCUT2D eigenvalue weighted by molar-refractivity contribution is 0.427. The standard InChI is InChI=1S/C18H38N/c1-4-5-6-7-8-9-10-11-12-13-14-15-16-17-18(2,3)19/h19H,4-17H2,1-3H3. The molecule has 0 aliphatic carbocycles. The minimum absolute atomic E-state index is 0.211. The Kier molecular flexibility index (Phi) is 12.9. The van der Waals surface area contributed by atoms with E-state index >= 15 is 0 Å². The van der Waals surface area contributed by atoms with Crippen molar-refractivity contribution in [1.82, 2.24) is 5.73 Å². The second-order valence-electron chi connectivity index (χ2n) is 6.88. The monoisotopic (exact) mass is 268 g/mol. The molecule has 1 heteroatoms. The Morgan fingerprint density at radius 3 is 1.21 bits per heavy atom. The topological polar surface area (TPSA) is 23.8 Å². The van der Waals surface area contributed by atoms with Crippen molar-refractivity contribution in [1.29, 1.82) is 0 Å². The molecule has 0 unspecified atom stereocenters. The summed E-state index contributed by atoms with van der Waals surface area (Å²) in [5.41, 5.74) is 7.57. The molecule has 0 spiro atoms. The van der Waals surface area contributed by atoms with Crippen LogP contribution in [0.2, 0.25) is 0 Å². The van der Waals surface area contributed by atoms with Crippen molar-refractivity contribution in [3.63, 3.8) is 0 Å². The molecule has 0 saturated heterocycles. The first kappa shape index (κ1) is 19.0. The molecule has 0 aromatic rings. The average Bonchev–Trinajstić information content (AvgIpc) is 2.34. The predicted molar refractivity (Wildman–Crippen MR) is 87.5 cm³/mol. The first-order valence-corrected chi connectivity index (χ1v) is 8.81. The van der Waals surface area contributed by atoms with Gasteiger partial charge in [-0.3, -0.25) is 5.73 Å². The summed E-state index contributed by atoms with van der Waals surface area (Å²) in [5.74, 6) is 0. The fourth-order valence-corrected chi connectivity index (χ4v) is 2.58. The molecule has 0 bridgehead atoms. The average molecular weight is 269 g/mol. The Bertz CT molecular complexity index is 169. The first-order chi connectivity index (χ1) is 9.06. The molecule has 19 heavy (non-hydrogen) atoms. The van der Waals surface area contributed by atoms with Gasteiger partial charge in [-0.25, -0.2) is 0 Å². The number of hydrogen-bond donors (Lipinski definition) is 0. The van der Waals surface area contributed by atoms with E-state index in [9.17, 15) is 0 Å². The van der Waals surface area contributed by atoms with E-state index < -0.39 is 0 Å². The zero-order chi connectivity index (χ0) is 14.4. The summed E-state index contributed by atoms with van der Waals surface area (Å²) in [7, 11) is 0. The van der Waals surface area contributed by atoms with Crippen LogP contribution in [0.15, 0.2) is 0 Å². The van der Waals surface area contributed by atoms with Crippen LogP contribution in [-0.4, -0.2) is 5.54 Å². The molecular weight excluding hydrogens is 230 g/mol. The van der Waals surface area contributed by atoms with Crippen molar-refractivity contribution in [3.8, 4) is 0 Å². The molecule has 0 atom stereocenters. The van der Waals surface area contributed by atoms with Crippen LogP contribution in [0.1, 0.15) is 111 Å². The van der Waals surface area contributed by atoms with Crippen molar-refractivity contribution >= 4 is 0 Å². The fourth-order valence-electron chi connectivity index (χ4n) is 2.58. The van der Waals surface area contributed by atoms with Crippen molar-refractivity contribution in [2.45, 2.75) is 116 Å². The molecule has 115 valence electrons. The highest BCUT2D eigenvalue weighted by atomic mass is 14.7. The molecule has 0 heterocycles. The molecule has 0 aliphatic heterocycles. The Morgan fingerprint density at radius 2 is 0.895 bits per heavy atom. The van der Waals surface area contributed by atoms with Gasteiger partial charge >= 0.3 is 0 Å². The second-order valence-corrected chi connectivity index (χ2v) is 6.88. The molecule has 1 radical (unpaired) electrons. The van der Waals surface area contributed by atoms with Gasteiger partial charge in [0.2, 0.25) is 0 Å². The van der Waals surface area contributed by atoms with Crippen molar-refractivity contribution < 1.29 is 0 Å². The maximum Gasteiger partial charge on any atom is 0.0267 e. The van der Waals surface area contributed by atoms with Gasteiger partial charge in [0.1, 0.15) is 0 Å². The van der Waals surface area contributed by atoms with Gasteiger partial charge in [-0.15, -0.1) is 0 Å². The van der Waals surface area contributed by atoms with Crippen molar-refractivity contribution in [2.24, 2.45) is 0 Å². The summed E-state index contributed by atoms with van der Waals surface area (Å²) in [4.78, 5) is 0. The lowest BCUT2D eigenvalue weighted by atomic mass is 9.97. The minimum Gasteiger partial charge on any atom is -0.252 e. The molecule has 1 N–H and O–H groups in total. The Balaban J connectivity index is 2.99. The van der Waals surface area contributed by atoms with Gasteiger partial charge in [-0.2, -0.15) is 0 Å². The van der Waals surface area contributed by atoms with E-state index in [1.54, 1.807) is 0 Å². The summed E-state index contributed by atoms with van der Waals surface area (Å²) in [6, 6.07) is 0. The van der Waals surface area contributed by atoms with Crippen LogP contribution in [0.4, 0.5) is 0 Å². The summed E-state index contributed by atoms with van der Waals surface area (Å²) in [6.45, 7) is 6.33. The van der Waals surface area contributed by atoms with E-state index in [2.05, 4.69) is 6.92 Å². The van der Waals surface area contributed by atoms with E-state index in [0.717, 1.165) is 6.42 Å². The third-order valence-corrected chi connectivity index (χ3v) is 3.91. The van der Waals surface area contributed by atoms with E-state index in [-0.39, 0.29) is 5.54 Å². The first-order valence-electron chi connectivity index (χ1n) is 8.81. The summed E-state index contributed by atoms with van der Waals surface area (Å²) < 4.78 is 0. The van der Waals surface area contributed by atoms with Gasteiger partial charge in [-0.05, 0) is 20.3 Å². The molecule has 0 saturated carbocycles. The van der Waals surface area contributed by atoms with Gasteiger partial charge in [0.05, 0.1) is 0 Å². The van der Waals surface area contributed by atoms with Crippen LogP contribution >= 0.6 is 0 Å². The summed E-state index contributed by atoms with van der Waals surface area (Å²) >= 11 is 0. The molecule has 0 aromatic heterocycles. The van der Waals surface area contributed by atoms with Gasteiger partial charge < -0.3 is 0 Å². The van der Waals surface area contributed by atoms with E-state index in [0.29, 0.717) is 0 Å². The molecule has 1 nitrogen and oxygen atoms in total. The molecule has 0 rings (SSSR count). The maximum atomic E-state index is 7.78. The van der Waals surface area contributed by atoms with E-state index in [4.69, 9.17) is 5.73 Å². The smallest absolute Gasteiger partial charge is 0.0267 e. The number of unbranched alkanes of at least 4 members (excludes halogenated alkanes) is 12. The van der Waals surface area contributed by atoms with Crippen LogP contribution in [-0.2, 0) is 0 Å². The highest BCUT2D eigenvalue weighted by molar-refractivity contribution is 4.69. The molecule has 0 aromatic carbocycles. The molecular formula is C18H38N. The molecule has 0 fully saturated rings. The Morgan fingerprint density at radius 1 is 0.579 bits per heavy atom. The zero-order valence-electron chi connectivity index (χ0n) is 13.9. The Hall–Kier alpha value is -0.0400. The van der Waals surface area contributed by atoms with Crippen LogP contribution < -0.4 is 5.73 Å². The maximum absolute atomic E-state index is 7.78. The minimum atomic E-state index is -0.211. The van der Waals surface area contributed by atoms with Crippen molar-refractivity contribution in [2.75, 3.05) is 0 Å². The summed E-state index contributed by atoms with van der Waals surface area (Å²) in [5, 5.41) is 0. The van der Waals surface area contributed by atoms with Crippen molar-refractivity contribution in [3.05, 3.63) is 0 Å². The second kappa shape index (κ2) is 13.0. The third-order valence-electron chi connectivity index (χ3n) is 3.91. The number of nitrogens with one attached hydrogen (secondary N) is 1. The third kappa shape index (κ3) is 18.0. The van der Waals surface area contributed by atoms with E-state index in [1.807, 2.05) is 13.8 Å². The number of hydrogen-bond acceptors (Lipinski definition) is 0. The highest BCUT2D eigenvalue weighted by Crippen LogP contribution is 2.15. The number of rotatable bonds is 14. The molecule has 0 amide bonds. The Labute approximate surface area is 122 Å². The normalized spacial score (nSPS) is 12.0. The SMILES string of the molecule is CCCCCCCCCCCCCCCC(C)(C)[NH]. The quantitative estimate of drug-likeness (QED) is 0.320. The van der Waals surface area contributed by atoms with Gasteiger partial charge in [0.15, 0.2) is 0 Å². The van der Waals surface area contributed by atoms with E-state index in [1.165, 1.54) is 83.5 Å². The van der Waals surface area contributed by atoms with Crippen LogP contribution in [0.3, 0.4) is 0 Å². The van der Waals surface area contributed by atoms with Gasteiger partial charge in [0, 0.05) is 5.54 Å². The summed E-state index contributed by atoms with van der Waals surface area (Å²) in [6.07, 6.45) is 19.4. The largest absolute Gasteiger partial charge is 0.252 e. The molecule has 0 aliphatic rings. The van der Waals surface area contributed by atoms with Crippen LogP contribution in [0, 0.1) is 0 Å². The van der Waals surface area contributed by atoms with Gasteiger partial charge in [-0.1, -0.05) is 90.4 Å². The lowest BCUT2D eigenvalue weighted by Gasteiger charge is -2.16. The lowest BCUT2D eigenvalue weighted by Crippen LogP contribution is -2.20. The zero-order valence-corrected chi connectivity index (χ0v) is 13.9. The predicted octanol–water partition coefficient (Wildman–Crippen LogP) is 6.53. The fraction of sp³-hybridized carbons (Fsp3) is 1.00. The van der Waals surface area contributed by atoms with Crippen LogP contribution in [0.25, 0.3) is 0 Å². The van der Waals surface area contributed by atoms with Crippen LogP contribution in [0.5, 0.6) is 0 Å². The van der Waals surface area contributed by atoms with Gasteiger partial charge in [0.25, 0.3) is 0 Å². The highest BCUT2D eigenvalue weighted by Gasteiger charge is 2.09.